The number of benzene rings is 1. The number of nitrogens with one attached hydrogen (secondary N) is 2. The van der Waals surface area contributed by atoms with Gasteiger partial charge < -0.3 is 0 Å². The molecule has 2 fully saturated rings. The van der Waals surface area contributed by atoms with Gasteiger partial charge >= 0.3 is 0 Å². The van der Waals surface area contributed by atoms with Crippen LogP contribution in [0.2, 0.25) is 0 Å². The fourth-order valence-corrected chi connectivity index (χ4v) is 3.92. The minimum Gasteiger partial charge on any atom is -0.273 e. The van der Waals surface area contributed by atoms with E-state index in [2.05, 4.69) is 21.1 Å². The molecule has 0 unspecified atom stereocenters. The molecule has 1 aromatic carbocycles. The third-order valence-corrected chi connectivity index (χ3v) is 5.67. The van der Waals surface area contributed by atoms with Crippen molar-refractivity contribution in [3.63, 3.8) is 0 Å². The van der Waals surface area contributed by atoms with Crippen LogP contribution in [0.15, 0.2) is 34.5 Å². The van der Waals surface area contributed by atoms with Gasteiger partial charge in [0.2, 0.25) is 11.8 Å². The van der Waals surface area contributed by atoms with Crippen molar-refractivity contribution in [2.45, 2.75) is 64.2 Å². The van der Waals surface area contributed by atoms with Gasteiger partial charge in [-0.1, -0.05) is 62.8 Å². The van der Waals surface area contributed by atoms with E-state index >= 15 is 0 Å². The Morgan fingerprint density at radius 2 is 1.04 bits per heavy atom. The Morgan fingerprint density at radius 3 is 1.39 bits per heavy atom. The topological polar surface area (TPSA) is 82.9 Å². The summed E-state index contributed by atoms with van der Waals surface area (Å²) in [4.78, 5) is 24.1. The van der Waals surface area contributed by atoms with E-state index in [0.29, 0.717) is 0 Å². The number of hydrogen-bond donors (Lipinski definition) is 2. The van der Waals surface area contributed by atoms with Crippen LogP contribution in [0.4, 0.5) is 0 Å². The van der Waals surface area contributed by atoms with Crippen LogP contribution in [0.5, 0.6) is 0 Å². The molecule has 2 aliphatic rings. The smallest absolute Gasteiger partial charge is 0.243 e. The summed E-state index contributed by atoms with van der Waals surface area (Å²) in [6, 6.07) is 7.61. The molecule has 3 rings (SSSR count). The highest BCUT2D eigenvalue weighted by Gasteiger charge is 2.21. The molecule has 0 radical (unpaired) electrons. The largest absolute Gasteiger partial charge is 0.273 e. The van der Waals surface area contributed by atoms with Crippen LogP contribution in [-0.2, 0) is 9.59 Å². The van der Waals surface area contributed by atoms with Gasteiger partial charge in [0.05, 0.1) is 12.4 Å². The van der Waals surface area contributed by atoms with Crippen LogP contribution in [0.1, 0.15) is 75.3 Å². The highest BCUT2D eigenvalue weighted by atomic mass is 16.2. The molecule has 6 heteroatoms. The predicted molar refractivity (Wildman–Crippen MR) is 111 cm³/mol. The summed E-state index contributed by atoms with van der Waals surface area (Å²) in [5, 5.41) is 8.14. The first-order valence-electron chi connectivity index (χ1n) is 10.5. The quantitative estimate of drug-likeness (QED) is 0.580. The zero-order chi connectivity index (χ0) is 19.6. The molecule has 2 aliphatic carbocycles. The zero-order valence-corrected chi connectivity index (χ0v) is 16.4. The van der Waals surface area contributed by atoms with Crippen molar-refractivity contribution in [1.29, 1.82) is 0 Å². The van der Waals surface area contributed by atoms with Crippen molar-refractivity contribution in [3.05, 3.63) is 35.4 Å². The van der Waals surface area contributed by atoms with Crippen LogP contribution in [0, 0.1) is 11.8 Å². The van der Waals surface area contributed by atoms with Gasteiger partial charge in [0.1, 0.15) is 0 Å². The van der Waals surface area contributed by atoms with Crippen molar-refractivity contribution >= 4 is 24.2 Å². The fourth-order valence-electron chi connectivity index (χ4n) is 3.92. The number of hydrazone groups is 2. The van der Waals surface area contributed by atoms with Crippen molar-refractivity contribution < 1.29 is 9.59 Å². The van der Waals surface area contributed by atoms with E-state index in [1.54, 1.807) is 12.4 Å². The van der Waals surface area contributed by atoms with Gasteiger partial charge in [0.25, 0.3) is 0 Å². The van der Waals surface area contributed by atoms with E-state index in [1.807, 2.05) is 24.3 Å². The van der Waals surface area contributed by atoms with Crippen LogP contribution in [0.3, 0.4) is 0 Å². The Kier molecular flexibility index (Phi) is 7.76. The van der Waals surface area contributed by atoms with Gasteiger partial charge in [-0.3, -0.25) is 9.59 Å². The molecule has 2 N–H and O–H groups in total. The van der Waals surface area contributed by atoms with Gasteiger partial charge in [0, 0.05) is 11.8 Å². The molecule has 0 aliphatic heterocycles. The Bertz CT molecular complexity index is 639. The summed E-state index contributed by atoms with van der Waals surface area (Å²) >= 11 is 0. The van der Waals surface area contributed by atoms with Crippen molar-refractivity contribution in [3.8, 4) is 0 Å². The molecule has 6 nitrogen and oxygen atoms in total. The first-order chi connectivity index (χ1) is 13.7. The van der Waals surface area contributed by atoms with E-state index < -0.39 is 0 Å². The van der Waals surface area contributed by atoms with E-state index in [0.717, 1.165) is 62.5 Å². The third kappa shape index (κ3) is 6.29. The number of nitrogens with zero attached hydrogens (tertiary/aromatic N) is 2. The number of carbonyl (C=O) groups excluding carboxylic acids is 2. The molecule has 2 saturated carbocycles. The molecule has 0 heterocycles. The fraction of sp³-hybridized carbons (Fsp3) is 0.545. The van der Waals surface area contributed by atoms with Gasteiger partial charge in [0.15, 0.2) is 0 Å². The standard InChI is InChI=1S/C22H30N4O2/c27-21(19-7-3-1-4-8-19)25-23-15-17-11-13-18(14-12-17)16-24-26-22(28)20-9-5-2-6-10-20/h11-16,19-20H,1-10H2,(H,25,27)(H,26,28)/b23-15+,24-16+. The second-order valence-electron chi connectivity index (χ2n) is 7.81. The average Bonchev–Trinajstić information content (AvgIpc) is 2.76. The molecular weight excluding hydrogens is 352 g/mol. The summed E-state index contributed by atoms with van der Waals surface area (Å²) < 4.78 is 0. The second kappa shape index (κ2) is 10.7. The van der Waals surface area contributed by atoms with Gasteiger partial charge in [-0.05, 0) is 36.8 Å². The Morgan fingerprint density at radius 1 is 0.679 bits per heavy atom. The maximum Gasteiger partial charge on any atom is 0.243 e. The van der Waals surface area contributed by atoms with Crippen LogP contribution < -0.4 is 10.9 Å². The highest BCUT2D eigenvalue weighted by Crippen LogP contribution is 2.24. The van der Waals surface area contributed by atoms with E-state index in [-0.39, 0.29) is 23.7 Å². The molecule has 0 saturated heterocycles. The highest BCUT2D eigenvalue weighted by molar-refractivity contribution is 5.86. The van der Waals surface area contributed by atoms with E-state index in [4.69, 9.17) is 0 Å². The van der Waals surface area contributed by atoms with Gasteiger partial charge in [-0.15, -0.1) is 0 Å². The molecule has 1 aromatic rings. The summed E-state index contributed by atoms with van der Waals surface area (Å²) in [5.74, 6) is 0.253. The van der Waals surface area contributed by atoms with Gasteiger partial charge in [-0.25, -0.2) is 10.9 Å². The van der Waals surface area contributed by atoms with Crippen LogP contribution >= 0.6 is 0 Å². The van der Waals surface area contributed by atoms with Crippen molar-refractivity contribution in [2.24, 2.45) is 22.0 Å². The second-order valence-corrected chi connectivity index (χ2v) is 7.81. The lowest BCUT2D eigenvalue weighted by molar-refractivity contribution is -0.126. The third-order valence-electron chi connectivity index (χ3n) is 5.67. The summed E-state index contributed by atoms with van der Waals surface area (Å²) in [6.07, 6.45) is 14.1. The lowest BCUT2D eigenvalue weighted by atomic mass is 9.89. The minimum absolute atomic E-state index is 0.0217. The molecule has 0 spiro atoms. The normalized spacial score (nSPS) is 19.1. The van der Waals surface area contributed by atoms with E-state index in [1.165, 1.54) is 12.8 Å². The lowest BCUT2D eigenvalue weighted by Gasteiger charge is -2.19. The maximum atomic E-state index is 12.1. The number of amides is 2. The number of rotatable bonds is 6. The minimum atomic E-state index is 0.0217. The summed E-state index contributed by atoms with van der Waals surface area (Å²) in [5.41, 5.74) is 7.09. The van der Waals surface area contributed by atoms with Crippen molar-refractivity contribution in [2.75, 3.05) is 0 Å². The summed E-state index contributed by atoms with van der Waals surface area (Å²) in [7, 11) is 0. The zero-order valence-electron chi connectivity index (χ0n) is 16.4. The predicted octanol–water partition coefficient (Wildman–Crippen LogP) is 3.75. The first-order valence-corrected chi connectivity index (χ1v) is 10.5. The lowest BCUT2D eigenvalue weighted by Crippen LogP contribution is -2.28. The Balaban J connectivity index is 1.42. The molecule has 0 aromatic heterocycles. The molecule has 150 valence electrons. The van der Waals surface area contributed by atoms with Crippen LogP contribution in [-0.4, -0.2) is 24.2 Å². The number of hydrogen-bond acceptors (Lipinski definition) is 4. The molecule has 0 bridgehead atoms. The molecule has 28 heavy (non-hydrogen) atoms. The Hall–Kier alpha value is -2.50. The molecule has 2 amide bonds. The van der Waals surface area contributed by atoms with Crippen molar-refractivity contribution in [1.82, 2.24) is 10.9 Å². The van der Waals surface area contributed by atoms with E-state index in [9.17, 15) is 9.59 Å². The maximum absolute atomic E-state index is 12.1. The van der Waals surface area contributed by atoms with Gasteiger partial charge in [-0.2, -0.15) is 10.2 Å². The Labute approximate surface area is 166 Å². The first kappa shape index (κ1) is 20.2. The average molecular weight is 383 g/mol. The van der Waals surface area contributed by atoms with Crippen LogP contribution in [0.25, 0.3) is 0 Å². The monoisotopic (exact) mass is 382 g/mol. The SMILES string of the molecule is O=C(N/N=C/c1ccc(/C=N/NC(=O)C2CCCCC2)cc1)C1CCCCC1. The molecular formula is C22H30N4O2. The number of carbonyl (C=O) groups is 2. The summed E-state index contributed by atoms with van der Waals surface area (Å²) in [6.45, 7) is 0. The molecule has 0 atom stereocenters.